The number of aliphatic hydroxyl groups excluding tert-OH is 1. The SMILES string of the molecule is Cc1cccc(N2CC(CO)CC2=O)c1I. The monoisotopic (exact) mass is 331 g/mol. The van der Waals surface area contributed by atoms with Crippen LogP contribution in [0.1, 0.15) is 12.0 Å². The van der Waals surface area contributed by atoms with E-state index in [0.717, 1.165) is 9.26 Å². The second-order valence-corrected chi connectivity index (χ2v) is 5.24. The molecular weight excluding hydrogens is 317 g/mol. The highest BCUT2D eigenvalue weighted by atomic mass is 127. The standard InChI is InChI=1S/C12H14INO2/c1-8-3-2-4-10(12(8)13)14-6-9(7-15)5-11(14)16/h2-4,9,15H,5-7H2,1H3. The van der Waals surface area contributed by atoms with Crippen molar-refractivity contribution < 1.29 is 9.90 Å². The molecule has 1 aliphatic rings. The number of benzene rings is 1. The van der Waals surface area contributed by atoms with Crippen LogP contribution in [-0.2, 0) is 4.79 Å². The van der Waals surface area contributed by atoms with Crippen LogP contribution in [0.25, 0.3) is 0 Å². The molecule has 2 rings (SSSR count). The van der Waals surface area contributed by atoms with Crippen molar-refractivity contribution in [2.75, 3.05) is 18.1 Å². The maximum Gasteiger partial charge on any atom is 0.227 e. The normalized spacial score (nSPS) is 20.6. The smallest absolute Gasteiger partial charge is 0.227 e. The molecule has 1 aromatic rings. The fourth-order valence-electron chi connectivity index (χ4n) is 1.98. The minimum atomic E-state index is 0.0869. The number of halogens is 1. The van der Waals surface area contributed by atoms with E-state index < -0.39 is 0 Å². The Morgan fingerprint density at radius 2 is 2.31 bits per heavy atom. The third-order valence-electron chi connectivity index (χ3n) is 2.93. The third kappa shape index (κ3) is 2.08. The molecule has 1 saturated heterocycles. The van der Waals surface area contributed by atoms with Crippen molar-refractivity contribution in [3.8, 4) is 0 Å². The molecule has 1 atom stereocenters. The molecule has 86 valence electrons. The van der Waals surface area contributed by atoms with Crippen molar-refractivity contribution in [3.63, 3.8) is 0 Å². The van der Waals surface area contributed by atoms with E-state index in [4.69, 9.17) is 5.11 Å². The summed E-state index contributed by atoms with van der Waals surface area (Å²) in [5.41, 5.74) is 2.15. The van der Waals surface area contributed by atoms with E-state index in [2.05, 4.69) is 22.6 Å². The molecule has 1 fully saturated rings. The van der Waals surface area contributed by atoms with Gasteiger partial charge in [0.05, 0.1) is 5.69 Å². The number of aryl methyl sites for hydroxylation is 1. The second kappa shape index (κ2) is 4.71. The van der Waals surface area contributed by atoms with Crippen molar-refractivity contribution in [2.24, 2.45) is 5.92 Å². The Balaban J connectivity index is 2.31. The fraction of sp³-hybridized carbons (Fsp3) is 0.417. The van der Waals surface area contributed by atoms with Gasteiger partial charge in [0.2, 0.25) is 5.91 Å². The molecule has 0 radical (unpaired) electrons. The number of hydrogen-bond acceptors (Lipinski definition) is 2. The van der Waals surface area contributed by atoms with Crippen molar-refractivity contribution >= 4 is 34.2 Å². The van der Waals surface area contributed by atoms with Crippen molar-refractivity contribution in [3.05, 3.63) is 27.3 Å². The molecule has 1 heterocycles. The van der Waals surface area contributed by atoms with E-state index in [9.17, 15) is 4.79 Å². The Kier molecular flexibility index (Phi) is 3.49. The summed E-state index contributed by atoms with van der Waals surface area (Å²) < 4.78 is 1.12. The molecular formula is C12H14INO2. The van der Waals surface area contributed by atoms with Crippen LogP contribution in [-0.4, -0.2) is 24.2 Å². The van der Waals surface area contributed by atoms with Crippen LogP contribution in [0, 0.1) is 16.4 Å². The van der Waals surface area contributed by atoms with Gasteiger partial charge in [-0.25, -0.2) is 0 Å². The number of amides is 1. The van der Waals surface area contributed by atoms with Crippen LogP contribution < -0.4 is 4.90 Å². The van der Waals surface area contributed by atoms with Crippen molar-refractivity contribution in [1.82, 2.24) is 0 Å². The average molecular weight is 331 g/mol. The molecule has 4 heteroatoms. The topological polar surface area (TPSA) is 40.5 Å². The van der Waals surface area contributed by atoms with E-state index >= 15 is 0 Å². The lowest BCUT2D eigenvalue weighted by atomic mass is 10.1. The van der Waals surface area contributed by atoms with Crippen LogP contribution in [0.3, 0.4) is 0 Å². The zero-order chi connectivity index (χ0) is 11.7. The summed E-state index contributed by atoms with van der Waals surface area (Å²) in [6.45, 7) is 2.76. The third-order valence-corrected chi connectivity index (χ3v) is 4.33. The minimum absolute atomic E-state index is 0.0869. The molecule has 1 unspecified atom stereocenters. The first-order chi connectivity index (χ1) is 7.63. The number of carbonyl (C=O) groups is 1. The highest BCUT2D eigenvalue weighted by molar-refractivity contribution is 14.1. The molecule has 0 aliphatic carbocycles. The summed E-state index contributed by atoms with van der Waals surface area (Å²) >= 11 is 2.27. The number of nitrogens with zero attached hydrogens (tertiary/aromatic N) is 1. The Morgan fingerprint density at radius 3 is 2.94 bits per heavy atom. The van der Waals surface area contributed by atoms with Gasteiger partial charge in [0.15, 0.2) is 0 Å². The molecule has 1 aliphatic heterocycles. The van der Waals surface area contributed by atoms with E-state index in [1.807, 2.05) is 25.1 Å². The first-order valence-corrected chi connectivity index (χ1v) is 6.37. The molecule has 3 nitrogen and oxygen atoms in total. The van der Waals surface area contributed by atoms with E-state index in [1.54, 1.807) is 4.90 Å². The van der Waals surface area contributed by atoms with Gasteiger partial charge in [-0.2, -0.15) is 0 Å². The van der Waals surface area contributed by atoms with Crippen LogP contribution in [0.15, 0.2) is 18.2 Å². The van der Waals surface area contributed by atoms with Gasteiger partial charge in [0.25, 0.3) is 0 Å². The highest BCUT2D eigenvalue weighted by Gasteiger charge is 2.31. The van der Waals surface area contributed by atoms with Crippen LogP contribution in [0.2, 0.25) is 0 Å². The summed E-state index contributed by atoms with van der Waals surface area (Å²) in [7, 11) is 0. The van der Waals surface area contributed by atoms with E-state index in [1.165, 1.54) is 5.56 Å². The summed E-state index contributed by atoms with van der Waals surface area (Å²) in [5.74, 6) is 0.200. The number of anilines is 1. The van der Waals surface area contributed by atoms with Gasteiger partial charge < -0.3 is 10.0 Å². The van der Waals surface area contributed by atoms with Gasteiger partial charge in [0, 0.05) is 29.1 Å². The van der Waals surface area contributed by atoms with Gasteiger partial charge in [-0.3, -0.25) is 4.79 Å². The lowest BCUT2D eigenvalue weighted by Gasteiger charge is -2.19. The largest absolute Gasteiger partial charge is 0.396 e. The van der Waals surface area contributed by atoms with Crippen LogP contribution in [0.4, 0.5) is 5.69 Å². The summed E-state index contributed by atoms with van der Waals surface area (Å²) in [6, 6.07) is 5.97. The first kappa shape index (κ1) is 11.9. The van der Waals surface area contributed by atoms with Gasteiger partial charge in [-0.05, 0) is 41.1 Å². The number of aliphatic hydroxyl groups is 1. The number of rotatable bonds is 2. The molecule has 1 amide bonds. The molecule has 0 aromatic heterocycles. The summed E-state index contributed by atoms with van der Waals surface area (Å²) in [6.07, 6.45) is 0.459. The van der Waals surface area contributed by atoms with Crippen molar-refractivity contribution in [1.29, 1.82) is 0 Å². The maximum absolute atomic E-state index is 11.8. The quantitative estimate of drug-likeness (QED) is 0.842. The predicted octanol–water partition coefficient (Wildman–Crippen LogP) is 1.94. The highest BCUT2D eigenvalue weighted by Crippen LogP contribution is 2.30. The summed E-state index contributed by atoms with van der Waals surface area (Å²) in [4.78, 5) is 13.6. The lowest BCUT2D eigenvalue weighted by molar-refractivity contribution is -0.117. The van der Waals surface area contributed by atoms with E-state index in [0.29, 0.717) is 13.0 Å². The summed E-state index contributed by atoms with van der Waals surface area (Å²) in [5, 5.41) is 9.09. The lowest BCUT2D eigenvalue weighted by Crippen LogP contribution is -2.25. The maximum atomic E-state index is 11.8. The Labute approximate surface area is 109 Å². The first-order valence-electron chi connectivity index (χ1n) is 5.30. The second-order valence-electron chi connectivity index (χ2n) is 4.17. The molecule has 16 heavy (non-hydrogen) atoms. The van der Waals surface area contributed by atoms with E-state index in [-0.39, 0.29) is 18.4 Å². The molecule has 0 spiro atoms. The van der Waals surface area contributed by atoms with Gasteiger partial charge in [0.1, 0.15) is 0 Å². The number of carbonyl (C=O) groups excluding carboxylic acids is 1. The molecule has 1 aromatic carbocycles. The van der Waals surface area contributed by atoms with Gasteiger partial charge in [-0.15, -0.1) is 0 Å². The minimum Gasteiger partial charge on any atom is -0.396 e. The number of hydrogen-bond donors (Lipinski definition) is 1. The molecule has 1 N–H and O–H groups in total. The average Bonchev–Trinajstić information content (AvgIpc) is 2.64. The van der Waals surface area contributed by atoms with Crippen LogP contribution in [0.5, 0.6) is 0 Å². The predicted molar refractivity (Wildman–Crippen MR) is 71.4 cm³/mol. The zero-order valence-electron chi connectivity index (χ0n) is 9.11. The Bertz CT molecular complexity index is 419. The van der Waals surface area contributed by atoms with Crippen LogP contribution >= 0.6 is 22.6 Å². The molecule has 0 bridgehead atoms. The van der Waals surface area contributed by atoms with Gasteiger partial charge in [-0.1, -0.05) is 12.1 Å². The van der Waals surface area contributed by atoms with Gasteiger partial charge >= 0.3 is 0 Å². The Hall–Kier alpha value is -0.620. The zero-order valence-corrected chi connectivity index (χ0v) is 11.3. The fourth-order valence-corrected chi connectivity index (χ4v) is 2.63. The van der Waals surface area contributed by atoms with Crippen molar-refractivity contribution in [2.45, 2.75) is 13.3 Å². The molecule has 0 saturated carbocycles. The Morgan fingerprint density at radius 1 is 1.56 bits per heavy atom.